The predicted octanol–water partition coefficient (Wildman–Crippen LogP) is 3.64. The van der Waals surface area contributed by atoms with Gasteiger partial charge in [-0.15, -0.1) is 0 Å². The molecule has 3 aromatic rings. The number of carbonyl (C=O) groups is 3. The number of nitrogens with zero attached hydrogens (tertiary/aromatic N) is 2. The first-order valence-corrected chi connectivity index (χ1v) is 10.3. The van der Waals surface area contributed by atoms with E-state index >= 15 is 0 Å². The molecular weight excluding hydrogens is 392 g/mol. The van der Waals surface area contributed by atoms with Crippen LogP contribution in [0.15, 0.2) is 72.8 Å². The first-order valence-electron chi connectivity index (χ1n) is 10.3. The number of hydrogen-bond acceptors (Lipinski definition) is 3. The number of hydrogen-bond donors (Lipinski definition) is 2. The Morgan fingerprint density at radius 1 is 0.806 bits per heavy atom. The van der Waals surface area contributed by atoms with Gasteiger partial charge in [0.1, 0.15) is 0 Å². The fourth-order valence-electron chi connectivity index (χ4n) is 3.70. The van der Waals surface area contributed by atoms with Crippen LogP contribution in [-0.2, 0) is 4.79 Å². The summed E-state index contributed by atoms with van der Waals surface area (Å²) in [5.41, 5.74) is 1.25. The summed E-state index contributed by atoms with van der Waals surface area (Å²) in [7, 11) is 0. The van der Waals surface area contributed by atoms with E-state index in [1.807, 2.05) is 48.5 Å². The van der Waals surface area contributed by atoms with Crippen molar-refractivity contribution in [1.82, 2.24) is 15.3 Å². The zero-order valence-corrected chi connectivity index (χ0v) is 17.1. The lowest BCUT2D eigenvalue weighted by Crippen LogP contribution is -2.47. The second-order valence-electron chi connectivity index (χ2n) is 7.32. The highest BCUT2D eigenvalue weighted by Crippen LogP contribution is 2.24. The fourth-order valence-corrected chi connectivity index (χ4v) is 3.70. The Balaban J connectivity index is 1.35. The van der Waals surface area contributed by atoms with E-state index in [0.29, 0.717) is 30.8 Å². The molecule has 4 amide bonds. The summed E-state index contributed by atoms with van der Waals surface area (Å²) in [6.45, 7) is 1.16. The molecule has 7 heteroatoms. The smallest absolute Gasteiger partial charge is 0.340 e. The molecule has 0 saturated carbocycles. The predicted molar refractivity (Wildman–Crippen MR) is 119 cm³/mol. The monoisotopic (exact) mass is 416 g/mol. The first-order chi connectivity index (χ1) is 15.1. The van der Waals surface area contributed by atoms with Gasteiger partial charge in [-0.05, 0) is 30.0 Å². The van der Waals surface area contributed by atoms with Crippen molar-refractivity contribution in [3.63, 3.8) is 0 Å². The molecule has 3 aromatic carbocycles. The first kappa shape index (κ1) is 20.4. The summed E-state index contributed by atoms with van der Waals surface area (Å²) in [6.07, 6.45) is 0.835. The van der Waals surface area contributed by atoms with E-state index in [1.54, 1.807) is 24.3 Å². The minimum Gasteiger partial charge on any atom is -0.352 e. The molecule has 1 aliphatic rings. The van der Waals surface area contributed by atoms with Crippen LogP contribution in [0, 0.1) is 0 Å². The lowest BCUT2D eigenvalue weighted by Gasteiger charge is -2.28. The van der Waals surface area contributed by atoms with Crippen LogP contribution in [0.2, 0.25) is 0 Å². The number of benzene rings is 3. The van der Waals surface area contributed by atoms with Gasteiger partial charge in [-0.3, -0.25) is 9.59 Å². The van der Waals surface area contributed by atoms with E-state index in [0.717, 1.165) is 10.8 Å². The van der Waals surface area contributed by atoms with Crippen molar-refractivity contribution in [2.24, 2.45) is 0 Å². The molecule has 1 saturated heterocycles. The van der Waals surface area contributed by atoms with Gasteiger partial charge < -0.3 is 10.6 Å². The summed E-state index contributed by atoms with van der Waals surface area (Å²) in [6, 6.07) is 22.1. The van der Waals surface area contributed by atoms with Gasteiger partial charge >= 0.3 is 6.03 Å². The molecule has 1 heterocycles. The number of urea groups is 1. The second kappa shape index (κ2) is 9.30. The molecule has 0 atom stereocenters. The number of anilines is 1. The van der Waals surface area contributed by atoms with Gasteiger partial charge in [0.2, 0.25) is 5.91 Å². The van der Waals surface area contributed by atoms with Crippen molar-refractivity contribution in [2.45, 2.75) is 12.8 Å². The zero-order chi connectivity index (χ0) is 21.6. The Kier molecular flexibility index (Phi) is 6.12. The van der Waals surface area contributed by atoms with Crippen LogP contribution in [0.25, 0.3) is 10.8 Å². The largest absolute Gasteiger partial charge is 0.352 e. The van der Waals surface area contributed by atoms with Gasteiger partial charge in [-0.25, -0.2) is 14.8 Å². The molecule has 7 nitrogen and oxygen atoms in total. The Morgan fingerprint density at radius 2 is 1.52 bits per heavy atom. The van der Waals surface area contributed by atoms with Crippen molar-refractivity contribution < 1.29 is 14.4 Å². The molecule has 1 fully saturated rings. The highest BCUT2D eigenvalue weighted by atomic mass is 16.2. The molecule has 0 bridgehead atoms. The Labute approximate surface area is 180 Å². The zero-order valence-electron chi connectivity index (χ0n) is 17.1. The molecule has 0 aliphatic carbocycles. The molecule has 4 rings (SSSR count). The molecule has 0 unspecified atom stereocenters. The lowest BCUT2D eigenvalue weighted by atomic mass is 10.1. The molecular formula is C24H24N4O3. The molecule has 0 spiro atoms. The van der Waals surface area contributed by atoms with E-state index in [-0.39, 0.29) is 30.8 Å². The average molecular weight is 416 g/mol. The van der Waals surface area contributed by atoms with Gasteiger partial charge in [0.15, 0.2) is 0 Å². The summed E-state index contributed by atoms with van der Waals surface area (Å²) in [4.78, 5) is 37.7. The van der Waals surface area contributed by atoms with Crippen LogP contribution in [0.3, 0.4) is 0 Å². The van der Waals surface area contributed by atoms with Crippen molar-refractivity contribution >= 4 is 34.3 Å². The van der Waals surface area contributed by atoms with Crippen LogP contribution in [0.5, 0.6) is 0 Å². The summed E-state index contributed by atoms with van der Waals surface area (Å²) in [5.74, 6) is -0.417. The minimum atomic E-state index is -0.337. The van der Waals surface area contributed by atoms with Gasteiger partial charge in [-0.2, -0.15) is 0 Å². The normalized spacial score (nSPS) is 13.3. The van der Waals surface area contributed by atoms with E-state index in [4.69, 9.17) is 0 Å². The number of rotatable bonds is 5. The van der Waals surface area contributed by atoms with Crippen molar-refractivity contribution in [2.75, 3.05) is 25.0 Å². The third-order valence-electron chi connectivity index (χ3n) is 5.25. The maximum Gasteiger partial charge on any atom is 0.340 e. The standard InChI is InChI=1S/C24H24N4O3/c29-22(14-15-25-23(30)19-9-2-1-3-10-19)27-16-7-17-28(27)24(31)26-21-13-6-11-18-8-4-5-12-20(18)21/h1-6,8-13H,7,14-17H2,(H,25,30)(H,26,31). The third kappa shape index (κ3) is 4.66. The van der Waals surface area contributed by atoms with Crippen LogP contribution in [0.1, 0.15) is 23.2 Å². The van der Waals surface area contributed by atoms with Crippen LogP contribution < -0.4 is 10.6 Å². The van der Waals surface area contributed by atoms with Crippen molar-refractivity contribution in [1.29, 1.82) is 0 Å². The quantitative estimate of drug-likeness (QED) is 0.666. The number of nitrogens with one attached hydrogen (secondary N) is 2. The van der Waals surface area contributed by atoms with Crippen LogP contribution >= 0.6 is 0 Å². The van der Waals surface area contributed by atoms with Crippen LogP contribution in [-0.4, -0.2) is 47.5 Å². The number of carbonyl (C=O) groups excluding carboxylic acids is 3. The lowest BCUT2D eigenvalue weighted by molar-refractivity contribution is -0.139. The highest BCUT2D eigenvalue weighted by molar-refractivity contribution is 6.02. The van der Waals surface area contributed by atoms with E-state index in [9.17, 15) is 14.4 Å². The molecule has 0 radical (unpaired) electrons. The maximum absolute atomic E-state index is 12.9. The van der Waals surface area contributed by atoms with Crippen molar-refractivity contribution in [3.05, 3.63) is 78.4 Å². The highest BCUT2D eigenvalue weighted by Gasteiger charge is 2.30. The number of amides is 4. The van der Waals surface area contributed by atoms with Crippen molar-refractivity contribution in [3.8, 4) is 0 Å². The van der Waals surface area contributed by atoms with Gasteiger partial charge in [0.05, 0.1) is 5.69 Å². The SMILES string of the molecule is O=C(NCCC(=O)N1CCCN1C(=O)Nc1cccc2ccccc12)c1ccccc1. The summed E-state index contributed by atoms with van der Waals surface area (Å²) >= 11 is 0. The molecule has 0 aromatic heterocycles. The van der Waals surface area contributed by atoms with Gasteiger partial charge in [0.25, 0.3) is 5.91 Å². The molecule has 1 aliphatic heterocycles. The number of fused-ring (bicyclic) bond motifs is 1. The maximum atomic E-state index is 12.9. The van der Waals surface area contributed by atoms with E-state index in [1.165, 1.54) is 10.0 Å². The van der Waals surface area contributed by atoms with E-state index < -0.39 is 0 Å². The Bertz CT molecular complexity index is 1090. The Hall–Kier alpha value is -3.87. The molecule has 158 valence electrons. The third-order valence-corrected chi connectivity index (χ3v) is 5.25. The fraction of sp³-hybridized carbons (Fsp3) is 0.208. The summed E-state index contributed by atoms with van der Waals surface area (Å²) in [5, 5.41) is 10.6. The molecule has 2 N–H and O–H groups in total. The Morgan fingerprint density at radius 3 is 2.35 bits per heavy atom. The topological polar surface area (TPSA) is 81.8 Å². The van der Waals surface area contributed by atoms with Gasteiger partial charge in [0, 0.05) is 37.0 Å². The van der Waals surface area contributed by atoms with E-state index in [2.05, 4.69) is 10.6 Å². The summed E-state index contributed by atoms with van der Waals surface area (Å²) < 4.78 is 0. The molecule has 31 heavy (non-hydrogen) atoms. The second-order valence-corrected chi connectivity index (χ2v) is 7.32. The van der Waals surface area contributed by atoms with Crippen LogP contribution in [0.4, 0.5) is 10.5 Å². The number of hydrazine groups is 1. The minimum absolute atomic E-state index is 0.122. The van der Waals surface area contributed by atoms with Gasteiger partial charge in [-0.1, -0.05) is 54.6 Å². The average Bonchev–Trinajstić information content (AvgIpc) is 3.30.